The second-order valence-electron chi connectivity index (χ2n) is 2.36. The SMILES string of the molecule is COC(=O)N1[C@@H](C)[C@@H]1C. The first-order valence-electron chi connectivity index (χ1n) is 3.04. The molecule has 0 spiro atoms. The van der Waals surface area contributed by atoms with E-state index in [4.69, 9.17) is 0 Å². The van der Waals surface area contributed by atoms with Crippen LogP contribution in [-0.4, -0.2) is 30.2 Å². The summed E-state index contributed by atoms with van der Waals surface area (Å²) in [6.07, 6.45) is -0.213. The molecule has 0 aromatic heterocycles. The van der Waals surface area contributed by atoms with E-state index >= 15 is 0 Å². The first kappa shape index (κ1) is 6.39. The Morgan fingerprint density at radius 3 is 2.00 bits per heavy atom. The van der Waals surface area contributed by atoms with Gasteiger partial charge in [0.25, 0.3) is 0 Å². The van der Waals surface area contributed by atoms with E-state index in [0.717, 1.165) is 0 Å². The Hall–Kier alpha value is -0.730. The minimum Gasteiger partial charge on any atom is -0.453 e. The molecule has 2 atom stereocenters. The van der Waals surface area contributed by atoms with E-state index in [9.17, 15) is 4.79 Å². The molecule has 1 heterocycles. The Kier molecular flexibility index (Phi) is 1.35. The van der Waals surface area contributed by atoms with Crippen molar-refractivity contribution in [3.8, 4) is 0 Å². The predicted molar refractivity (Wildman–Crippen MR) is 33.2 cm³/mol. The summed E-state index contributed by atoms with van der Waals surface area (Å²) < 4.78 is 4.50. The minimum atomic E-state index is -0.213. The van der Waals surface area contributed by atoms with Crippen molar-refractivity contribution in [2.75, 3.05) is 7.11 Å². The van der Waals surface area contributed by atoms with E-state index < -0.39 is 0 Å². The molecule has 1 rings (SSSR count). The van der Waals surface area contributed by atoms with Crippen LogP contribution in [0.3, 0.4) is 0 Å². The zero-order valence-electron chi connectivity index (χ0n) is 5.92. The smallest absolute Gasteiger partial charge is 0.410 e. The molecule has 9 heavy (non-hydrogen) atoms. The molecular formula is C6H11NO2. The van der Waals surface area contributed by atoms with Crippen molar-refractivity contribution in [2.24, 2.45) is 0 Å². The van der Waals surface area contributed by atoms with Crippen molar-refractivity contribution < 1.29 is 9.53 Å². The summed E-state index contributed by atoms with van der Waals surface area (Å²) in [6.45, 7) is 4.00. The fraction of sp³-hybridized carbons (Fsp3) is 0.833. The van der Waals surface area contributed by atoms with Gasteiger partial charge in [-0.15, -0.1) is 0 Å². The van der Waals surface area contributed by atoms with Gasteiger partial charge in [-0.2, -0.15) is 0 Å². The maximum absolute atomic E-state index is 10.7. The van der Waals surface area contributed by atoms with Gasteiger partial charge in [-0.3, -0.25) is 4.90 Å². The highest BCUT2D eigenvalue weighted by molar-refractivity contribution is 5.71. The van der Waals surface area contributed by atoms with Crippen LogP contribution in [0.15, 0.2) is 0 Å². The monoisotopic (exact) mass is 129 g/mol. The molecule has 1 amide bonds. The van der Waals surface area contributed by atoms with Crippen LogP contribution >= 0.6 is 0 Å². The average molecular weight is 129 g/mol. The van der Waals surface area contributed by atoms with Gasteiger partial charge < -0.3 is 4.74 Å². The van der Waals surface area contributed by atoms with Crippen molar-refractivity contribution in [3.05, 3.63) is 0 Å². The third-order valence-electron chi connectivity index (χ3n) is 1.87. The van der Waals surface area contributed by atoms with Gasteiger partial charge >= 0.3 is 6.09 Å². The number of methoxy groups -OCH3 is 1. The molecule has 1 aliphatic rings. The average Bonchev–Trinajstić information content (AvgIpc) is 2.40. The molecule has 0 aromatic rings. The van der Waals surface area contributed by atoms with Crippen LogP contribution in [0.2, 0.25) is 0 Å². The number of amides is 1. The van der Waals surface area contributed by atoms with Gasteiger partial charge in [0, 0.05) is 0 Å². The lowest BCUT2D eigenvalue weighted by Crippen LogP contribution is -2.12. The van der Waals surface area contributed by atoms with Gasteiger partial charge in [-0.05, 0) is 13.8 Å². The van der Waals surface area contributed by atoms with Crippen LogP contribution in [0, 0.1) is 0 Å². The van der Waals surface area contributed by atoms with Crippen molar-refractivity contribution in [1.82, 2.24) is 4.90 Å². The van der Waals surface area contributed by atoms with E-state index in [0.29, 0.717) is 12.1 Å². The molecular weight excluding hydrogens is 118 g/mol. The van der Waals surface area contributed by atoms with Crippen LogP contribution in [0.4, 0.5) is 4.79 Å². The highest BCUT2D eigenvalue weighted by Crippen LogP contribution is 2.27. The number of carbonyl (C=O) groups is 1. The lowest BCUT2D eigenvalue weighted by Gasteiger charge is -1.97. The van der Waals surface area contributed by atoms with Crippen molar-refractivity contribution in [2.45, 2.75) is 25.9 Å². The van der Waals surface area contributed by atoms with Crippen molar-refractivity contribution >= 4 is 6.09 Å². The molecule has 1 fully saturated rings. The summed E-state index contributed by atoms with van der Waals surface area (Å²) in [4.78, 5) is 12.4. The molecule has 0 unspecified atom stereocenters. The first-order valence-corrected chi connectivity index (χ1v) is 3.04. The second kappa shape index (κ2) is 1.90. The van der Waals surface area contributed by atoms with Gasteiger partial charge in [0.05, 0.1) is 19.2 Å². The van der Waals surface area contributed by atoms with Crippen LogP contribution in [-0.2, 0) is 4.74 Å². The van der Waals surface area contributed by atoms with E-state index in [2.05, 4.69) is 4.74 Å². The number of hydrogen-bond donors (Lipinski definition) is 0. The number of ether oxygens (including phenoxy) is 1. The second-order valence-corrected chi connectivity index (χ2v) is 2.36. The summed E-state index contributed by atoms with van der Waals surface area (Å²) in [6, 6.07) is 0.745. The molecule has 0 aromatic carbocycles. The third-order valence-corrected chi connectivity index (χ3v) is 1.87. The van der Waals surface area contributed by atoms with E-state index in [1.807, 2.05) is 13.8 Å². The molecule has 0 N–H and O–H groups in total. The van der Waals surface area contributed by atoms with E-state index in [-0.39, 0.29) is 6.09 Å². The summed E-state index contributed by atoms with van der Waals surface area (Å²) in [5, 5.41) is 0. The van der Waals surface area contributed by atoms with Gasteiger partial charge in [0.2, 0.25) is 0 Å². The number of nitrogens with zero attached hydrogens (tertiary/aromatic N) is 1. The van der Waals surface area contributed by atoms with Crippen LogP contribution < -0.4 is 0 Å². The van der Waals surface area contributed by atoms with E-state index in [1.54, 1.807) is 4.90 Å². The normalized spacial score (nSPS) is 32.1. The quantitative estimate of drug-likeness (QED) is 0.454. The van der Waals surface area contributed by atoms with Gasteiger partial charge in [0.1, 0.15) is 0 Å². The lowest BCUT2D eigenvalue weighted by atomic mass is 10.4. The minimum absolute atomic E-state index is 0.213. The molecule has 52 valence electrons. The van der Waals surface area contributed by atoms with Gasteiger partial charge in [-0.25, -0.2) is 4.79 Å². The van der Waals surface area contributed by atoms with Crippen LogP contribution in [0.5, 0.6) is 0 Å². The Morgan fingerprint density at radius 2 is 1.89 bits per heavy atom. The zero-order valence-corrected chi connectivity index (χ0v) is 5.92. The van der Waals surface area contributed by atoms with Crippen molar-refractivity contribution in [1.29, 1.82) is 0 Å². The fourth-order valence-electron chi connectivity index (χ4n) is 0.942. The Labute approximate surface area is 54.6 Å². The maximum atomic E-state index is 10.7. The van der Waals surface area contributed by atoms with E-state index in [1.165, 1.54) is 7.11 Å². The highest BCUT2D eigenvalue weighted by Gasteiger charge is 2.44. The zero-order chi connectivity index (χ0) is 7.02. The summed E-state index contributed by atoms with van der Waals surface area (Å²) in [5.74, 6) is 0. The Balaban J connectivity index is 2.40. The molecule has 1 saturated heterocycles. The summed E-state index contributed by atoms with van der Waals surface area (Å²) in [7, 11) is 1.40. The first-order chi connectivity index (χ1) is 4.18. The fourth-order valence-corrected chi connectivity index (χ4v) is 0.942. The molecule has 3 nitrogen and oxygen atoms in total. The number of rotatable bonds is 0. The molecule has 1 aliphatic heterocycles. The van der Waals surface area contributed by atoms with Gasteiger partial charge in [0.15, 0.2) is 0 Å². The third kappa shape index (κ3) is 0.866. The topological polar surface area (TPSA) is 29.3 Å². The summed E-state index contributed by atoms with van der Waals surface area (Å²) in [5.41, 5.74) is 0. The van der Waals surface area contributed by atoms with Gasteiger partial charge in [-0.1, -0.05) is 0 Å². The maximum Gasteiger partial charge on any atom is 0.410 e. The molecule has 3 heteroatoms. The molecule has 0 aliphatic carbocycles. The van der Waals surface area contributed by atoms with Crippen molar-refractivity contribution in [3.63, 3.8) is 0 Å². The van der Waals surface area contributed by atoms with Crippen LogP contribution in [0.25, 0.3) is 0 Å². The predicted octanol–water partition coefficient (Wildman–Crippen LogP) is 0.845. The Bertz CT molecular complexity index is 127. The summed E-state index contributed by atoms with van der Waals surface area (Å²) >= 11 is 0. The lowest BCUT2D eigenvalue weighted by molar-refractivity contribution is 0.151. The Morgan fingerprint density at radius 1 is 1.44 bits per heavy atom. The van der Waals surface area contributed by atoms with Crippen LogP contribution in [0.1, 0.15) is 13.8 Å². The number of carbonyl (C=O) groups excluding carboxylic acids is 1. The molecule has 0 saturated carbocycles. The largest absolute Gasteiger partial charge is 0.453 e. The molecule has 0 bridgehead atoms. The highest BCUT2D eigenvalue weighted by atomic mass is 16.5. The molecule has 0 radical (unpaired) electrons. The standard InChI is InChI=1S/C6H11NO2/c1-4-5(2)7(4)6(8)9-3/h4-5H,1-3H3/t4-,5-/m0/s1. The number of hydrogen-bond acceptors (Lipinski definition) is 2.